The fraction of sp³-hybridized carbons (Fsp3) is 0.400. The number of hydrogen-bond acceptors (Lipinski definition) is 4. The average Bonchev–Trinajstić information content (AvgIpc) is 1.79. The van der Waals surface area contributed by atoms with Crippen molar-refractivity contribution in [3.8, 4) is 0 Å². The first-order valence-electron chi connectivity index (χ1n) is 3.97. The average molecular weight is 238 g/mol. The molecule has 0 atom stereocenters. The molecule has 4 nitrogen and oxygen atoms in total. The van der Waals surface area contributed by atoms with Crippen LogP contribution in [-0.2, 0) is 9.59 Å². The third kappa shape index (κ3) is 31.6. The number of rotatable bonds is 2. The van der Waals surface area contributed by atoms with E-state index in [1.54, 1.807) is 27.7 Å². The molecule has 0 aromatic rings. The molecular weight excluding hydrogens is 224 g/mol. The summed E-state index contributed by atoms with van der Waals surface area (Å²) in [6, 6.07) is 0. The van der Waals surface area contributed by atoms with Gasteiger partial charge in [-0.05, 0) is 39.8 Å². The molecule has 0 bridgehead atoms. The second-order valence-corrected chi connectivity index (χ2v) is 3.08. The zero-order valence-corrected chi connectivity index (χ0v) is 11.7. The van der Waals surface area contributed by atoms with Crippen molar-refractivity contribution < 1.29 is 19.8 Å². The molecule has 0 N–H and O–H groups in total. The minimum absolute atomic E-state index is 0. The first-order chi connectivity index (χ1) is 6.25. The molecule has 0 aliphatic rings. The number of carbonyl (C=O) groups excluding carboxylic acids is 2. The van der Waals surface area contributed by atoms with Crippen molar-refractivity contribution in [2.45, 2.75) is 27.7 Å². The summed E-state index contributed by atoms with van der Waals surface area (Å²) in [7, 11) is 0. The summed E-state index contributed by atoms with van der Waals surface area (Å²) in [4.78, 5) is 19.2. The smallest absolute Gasteiger partial charge is 0.545 e. The molecule has 0 amide bonds. The summed E-state index contributed by atoms with van der Waals surface area (Å²) in [6.07, 6.45) is 2.11. The van der Waals surface area contributed by atoms with Crippen LogP contribution in [-0.4, -0.2) is 49.7 Å². The quantitative estimate of drug-likeness (QED) is 0.457. The molecular formula is C10H14CaO4. The van der Waals surface area contributed by atoms with Gasteiger partial charge < -0.3 is 19.8 Å². The maximum Gasteiger partial charge on any atom is 2.00 e. The van der Waals surface area contributed by atoms with Gasteiger partial charge in [-0.3, -0.25) is 0 Å². The minimum atomic E-state index is -1.12. The van der Waals surface area contributed by atoms with Crippen molar-refractivity contribution in [1.29, 1.82) is 0 Å². The maximum atomic E-state index is 9.62. The van der Waals surface area contributed by atoms with Crippen molar-refractivity contribution >= 4 is 49.7 Å². The Kier molecular flexibility index (Phi) is 15.8. The molecule has 0 unspecified atom stereocenters. The second-order valence-electron chi connectivity index (χ2n) is 3.08. The minimum Gasteiger partial charge on any atom is -0.545 e. The molecule has 0 heterocycles. The van der Waals surface area contributed by atoms with Crippen molar-refractivity contribution in [3.63, 3.8) is 0 Å². The molecule has 0 saturated carbocycles. The third-order valence-corrected chi connectivity index (χ3v) is 0.813. The van der Waals surface area contributed by atoms with Gasteiger partial charge in [0.1, 0.15) is 0 Å². The van der Waals surface area contributed by atoms with Gasteiger partial charge in [0, 0.05) is 0 Å². The van der Waals surface area contributed by atoms with E-state index in [-0.39, 0.29) is 37.7 Å². The van der Waals surface area contributed by atoms with Crippen LogP contribution in [0.15, 0.2) is 23.3 Å². The molecule has 5 heteroatoms. The number of carbonyl (C=O) groups is 2. The van der Waals surface area contributed by atoms with Crippen LogP contribution in [0.1, 0.15) is 27.7 Å². The summed E-state index contributed by atoms with van der Waals surface area (Å²) in [5, 5.41) is 19.2. The summed E-state index contributed by atoms with van der Waals surface area (Å²) in [5.74, 6) is -2.25. The van der Waals surface area contributed by atoms with Gasteiger partial charge in [-0.2, -0.15) is 0 Å². The monoisotopic (exact) mass is 238 g/mol. The van der Waals surface area contributed by atoms with Crippen LogP contribution in [0, 0.1) is 0 Å². The molecule has 0 aromatic carbocycles. The predicted molar refractivity (Wildman–Crippen MR) is 54.6 cm³/mol. The van der Waals surface area contributed by atoms with Crippen LogP contribution in [0.3, 0.4) is 0 Å². The largest absolute Gasteiger partial charge is 2.00 e. The maximum absolute atomic E-state index is 9.62. The third-order valence-electron chi connectivity index (χ3n) is 0.813. The number of hydrogen-bond donors (Lipinski definition) is 0. The van der Waals surface area contributed by atoms with E-state index in [1.807, 2.05) is 0 Å². The molecule has 80 valence electrons. The zero-order chi connectivity index (χ0) is 11.7. The second kappa shape index (κ2) is 11.8. The van der Waals surface area contributed by atoms with Gasteiger partial charge in [0.15, 0.2) is 0 Å². The van der Waals surface area contributed by atoms with E-state index in [9.17, 15) is 19.8 Å². The summed E-state index contributed by atoms with van der Waals surface area (Å²) in [6.45, 7) is 6.82. The van der Waals surface area contributed by atoms with Gasteiger partial charge in [-0.15, -0.1) is 0 Å². The van der Waals surface area contributed by atoms with Crippen LogP contribution in [0.2, 0.25) is 0 Å². The predicted octanol–water partition coefficient (Wildman–Crippen LogP) is -0.976. The van der Waals surface area contributed by atoms with E-state index >= 15 is 0 Å². The Morgan fingerprint density at radius 3 is 1.00 bits per heavy atom. The molecule has 0 radical (unpaired) electrons. The van der Waals surface area contributed by atoms with Crippen LogP contribution in [0.4, 0.5) is 0 Å². The molecule has 0 saturated heterocycles. The van der Waals surface area contributed by atoms with Gasteiger partial charge in [0.25, 0.3) is 0 Å². The summed E-state index contributed by atoms with van der Waals surface area (Å²) >= 11 is 0. The number of aliphatic carboxylic acids is 2. The Balaban J connectivity index is -0.000000180. The van der Waals surface area contributed by atoms with Crippen LogP contribution >= 0.6 is 0 Å². The molecule has 0 rings (SSSR count). The van der Waals surface area contributed by atoms with Crippen LogP contribution < -0.4 is 10.2 Å². The van der Waals surface area contributed by atoms with E-state index in [1.165, 1.54) is 0 Å². The Morgan fingerprint density at radius 1 is 0.800 bits per heavy atom. The Hall–Kier alpha value is -0.320. The van der Waals surface area contributed by atoms with Gasteiger partial charge in [-0.25, -0.2) is 0 Å². The fourth-order valence-electron chi connectivity index (χ4n) is 0.471. The van der Waals surface area contributed by atoms with E-state index in [4.69, 9.17) is 0 Å². The van der Waals surface area contributed by atoms with Gasteiger partial charge in [0.05, 0.1) is 11.9 Å². The van der Waals surface area contributed by atoms with E-state index in [2.05, 4.69) is 0 Å². The van der Waals surface area contributed by atoms with E-state index in [0.717, 1.165) is 23.3 Å². The summed E-state index contributed by atoms with van der Waals surface area (Å²) in [5.41, 5.74) is 1.50. The van der Waals surface area contributed by atoms with Crippen molar-refractivity contribution in [2.24, 2.45) is 0 Å². The van der Waals surface area contributed by atoms with Crippen molar-refractivity contribution in [2.75, 3.05) is 0 Å². The molecule has 0 fully saturated rings. The SMILES string of the molecule is CC(C)=CC(=O)[O-].CC(C)=CC(=O)[O-].[Ca+2]. The number of carboxylic acids is 2. The Labute approximate surface area is 120 Å². The molecule has 0 aliphatic heterocycles. The van der Waals surface area contributed by atoms with Gasteiger partial charge in [-0.1, -0.05) is 11.1 Å². The Bertz CT molecular complexity index is 231. The number of allylic oxidation sites excluding steroid dienone is 2. The topological polar surface area (TPSA) is 80.3 Å². The Morgan fingerprint density at radius 2 is 1.00 bits per heavy atom. The molecule has 0 aromatic heterocycles. The normalized spacial score (nSPS) is 7.20. The number of carboxylic acid groups (broad SMARTS) is 2. The van der Waals surface area contributed by atoms with Crippen LogP contribution in [0.5, 0.6) is 0 Å². The van der Waals surface area contributed by atoms with E-state index in [0.29, 0.717) is 0 Å². The van der Waals surface area contributed by atoms with Crippen molar-refractivity contribution in [1.82, 2.24) is 0 Å². The summed E-state index contributed by atoms with van der Waals surface area (Å²) < 4.78 is 0. The first kappa shape index (κ1) is 20.1. The first-order valence-corrected chi connectivity index (χ1v) is 3.97. The van der Waals surface area contributed by atoms with E-state index < -0.39 is 11.9 Å². The van der Waals surface area contributed by atoms with Gasteiger partial charge >= 0.3 is 37.7 Å². The van der Waals surface area contributed by atoms with Gasteiger partial charge in [0.2, 0.25) is 0 Å². The molecule has 0 aliphatic carbocycles. The standard InChI is InChI=1S/2C5H8O2.Ca/c2*1-4(2)3-5(6)7;/h2*3H,1-2H3,(H,6,7);/q;;+2/p-2. The zero-order valence-electron chi connectivity index (χ0n) is 9.49. The fourth-order valence-corrected chi connectivity index (χ4v) is 0.471. The van der Waals surface area contributed by atoms with Crippen molar-refractivity contribution in [3.05, 3.63) is 23.3 Å². The van der Waals surface area contributed by atoms with Crippen LogP contribution in [0.25, 0.3) is 0 Å². The molecule has 15 heavy (non-hydrogen) atoms. The molecule has 0 spiro atoms.